The van der Waals surface area contributed by atoms with Crippen molar-refractivity contribution in [3.05, 3.63) is 41.6 Å². The second-order valence-electron chi connectivity index (χ2n) is 4.77. The maximum absolute atomic E-state index is 12.6. The van der Waals surface area contributed by atoms with Crippen molar-refractivity contribution in [3.8, 4) is 11.4 Å². The van der Waals surface area contributed by atoms with E-state index in [0.29, 0.717) is 5.82 Å². The number of hydrogen-bond acceptors (Lipinski definition) is 3. The Kier molecular flexibility index (Phi) is 5.20. The van der Waals surface area contributed by atoms with E-state index in [1.54, 1.807) is 12.1 Å². The van der Waals surface area contributed by atoms with Gasteiger partial charge in [0.25, 0.3) is 6.43 Å². The minimum atomic E-state index is -2.45. The van der Waals surface area contributed by atoms with Crippen molar-refractivity contribution in [3.63, 3.8) is 0 Å². The standard InChI is InChI=1S/C16H19F2N3/c1-3-5-13-10-14(19-4-2)21-16(20-13)12-8-6-11(7-9-12)15(17)18/h6-10,15H,3-5H2,1-2H3,(H,19,20,21). The number of halogens is 2. The van der Waals surface area contributed by atoms with Crippen molar-refractivity contribution in [2.45, 2.75) is 33.1 Å². The molecule has 1 heterocycles. The van der Waals surface area contributed by atoms with E-state index in [1.807, 2.05) is 13.0 Å². The van der Waals surface area contributed by atoms with E-state index in [-0.39, 0.29) is 5.56 Å². The Morgan fingerprint density at radius 2 is 1.81 bits per heavy atom. The molecule has 0 unspecified atom stereocenters. The Balaban J connectivity index is 2.36. The van der Waals surface area contributed by atoms with Crippen LogP contribution in [0, 0.1) is 0 Å². The van der Waals surface area contributed by atoms with Gasteiger partial charge < -0.3 is 5.32 Å². The molecule has 0 aliphatic heterocycles. The molecule has 0 saturated heterocycles. The van der Waals surface area contributed by atoms with E-state index >= 15 is 0 Å². The predicted molar refractivity (Wildman–Crippen MR) is 80.6 cm³/mol. The van der Waals surface area contributed by atoms with Crippen molar-refractivity contribution < 1.29 is 8.78 Å². The van der Waals surface area contributed by atoms with Gasteiger partial charge in [-0.3, -0.25) is 0 Å². The summed E-state index contributed by atoms with van der Waals surface area (Å²) in [5.74, 6) is 1.33. The maximum Gasteiger partial charge on any atom is 0.263 e. The SMILES string of the molecule is CCCc1cc(NCC)nc(-c2ccc(C(F)F)cc2)n1. The zero-order valence-corrected chi connectivity index (χ0v) is 12.2. The molecular weight excluding hydrogens is 272 g/mol. The number of alkyl halides is 2. The third-order valence-corrected chi connectivity index (χ3v) is 3.06. The number of nitrogens with one attached hydrogen (secondary N) is 1. The molecule has 0 radical (unpaired) electrons. The zero-order valence-electron chi connectivity index (χ0n) is 12.2. The fraction of sp³-hybridized carbons (Fsp3) is 0.375. The van der Waals surface area contributed by atoms with Gasteiger partial charge in [0.05, 0.1) is 0 Å². The Labute approximate surface area is 123 Å². The Bertz CT molecular complexity index is 558. The first kappa shape index (κ1) is 15.4. The summed E-state index contributed by atoms with van der Waals surface area (Å²) < 4.78 is 25.2. The first-order chi connectivity index (χ1) is 10.1. The van der Waals surface area contributed by atoms with Crippen LogP contribution in [0.15, 0.2) is 30.3 Å². The number of aromatic nitrogens is 2. The normalized spacial score (nSPS) is 10.9. The minimum Gasteiger partial charge on any atom is -0.370 e. The Morgan fingerprint density at radius 1 is 1.10 bits per heavy atom. The van der Waals surface area contributed by atoms with Gasteiger partial charge in [-0.05, 0) is 13.3 Å². The number of nitrogens with zero attached hydrogens (tertiary/aromatic N) is 2. The molecule has 1 aromatic carbocycles. The maximum atomic E-state index is 12.6. The predicted octanol–water partition coefficient (Wildman–Crippen LogP) is 4.47. The molecule has 0 saturated carbocycles. The van der Waals surface area contributed by atoms with E-state index in [0.717, 1.165) is 36.5 Å². The summed E-state index contributed by atoms with van der Waals surface area (Å²) >= 11 is 0. The average Bonchev–Trinajstić information content (AvgIpc) is 2.48. The van der Waals surface area contributed by atoms with Gasteiger partial charge in [-0.2, -0.15) is 0 Å². The molecule has 0 fully saturated rings. The molecule has 112 valence electrons. The third kappa shape index (κ3) is 3.97. The van der Waals surface area contributed by atoms with Gasteiger partial charge >= 0.3 is 0 Å². The smallest absolute Gasteiger partial charge is 0.263 e. The number of anilines is 1. The van der Waals surface area contributed by atoms with Crippen molar-refractivity contribution in [1.82, 2.24) is 9.97 Å². The lowest BCUT2D eigenvalue weighted by Gasteiger charge is -2.09. The van der Waals surface area contributed by atoms with Crippen LogP contribution in [0.4, 0.5) is 14.6 Å². The van der Waals surface area contributed by atoms with Gasteiger partial charge in [0.2, 0.25) is 0 Å². The molecule has 2 aromatic rings. The molecular formula is C16H19F2N3. The van der Waals surface area contributed by atoms with Crippen molar-refractivity contribution in [1.29, 1.82) is 0 Å². The van der Waals surface area contributed by atoms with Gasteiger partial charge in [-0.25, -0.2) is 18.7 Å². The molecule has 1 aromatic heterocycles. The van der Waals surface area contributed by atoms with E-state index in [4.69, 9.17) is 0 Å². The molecule has 0 amide bonds. The summed E-state index contributed by atoms with van der Waals surface area (Å²) in [5.41, 5.74) is 1.71. The number of rotatable bonds is 6. The summed E-state index contributed by atoms with van der Waals surface area (Å²) in [4.78, 5) is 8.95. The van der Waals surface area contributed by atoms with Crippen LogP contribution in [0.2, 0.25) is 0 Å². The van der Waals surface area contributed by atoms with Crippen LogP contribution < -0.4 is 5.32 Å². The Hall–Kier alpha value is -2.04. The van der Waals surface area contributed by atoms with Crippen LogP contribution in [-0.4, -0.2) is 16.5 Å². The molecule has 0 atom stereocenters. The molecule has 0 spiro atoms. The topological polar surface area (TPSA) is 37.8 Å². The number of benzene rings is 1. The van der Waals surface area contributed by atoms with Crippen LogP contribution >= 0.6 is 0 Å². The summed E-state index contributed by atoms with van der Waals surface area (Å²) in [5, 5.41) is 3.17. The zero-order chi connectivity index (χ0) is 15.2. The molecule has 2 rings (SSSR count). The van der Waals surface area contributed by atoms with Gasteiger partial charge in [0.15, 0.2) is 5.82 Å². The van der Waals surface area contributed by atoms with E-state index in [9.17, 15) is 8.78 Å². The fourth-order valence-corrected chi connectivity index (χ4v) is 2.06. The highest BCUT2D eigenvalue weighted by atomic mass is 19.3. The summed E-state index contributed by atoms with van der Waals surface area (Å²) in [6.45, 7) is 4.86. The minimum absolute atomic E-state index is 0.00960. The van der Waals surface area contributed by atoms with Crippen LogP contribution in [0.5, 0.6) is 0 Å². The van der Waals surface area contributed by atoms with Gasteiger partial charge in [0, 0.05) is 29.4 Å². The summed E-state index contributed by atoms with van der Waals surface area (Å²) in [7, 11) is 0. The molecule has 5 heteroatoms. The molecule has 3 nitrogen and oxygen atoms in total. The van der Waals surface area contributed by atoms with Crippen LogP contribution in [-0.2, 0) is 6.42 Å². The fourth-order valence-electron chi connectivity index (χ4n) is 2.06. The van der Waals surface area contributed by atoms with Crippen LogP contribution in [0.1, 0.15) is 38.0 Å². The van der Waals surface area contributed by atoms with Crippen molar-refractivity contribution in [2.24, 2.45) is 0 Å². The quantitative estimate of drug-likeness (QED) is 0.853. The largest absolute Gasteiger partial charge is 0.370 e. The summed E-state index contributed by atoms with van der Waals surface area (Å²) in [6.07, 6.45) is -0.598. The first-order valence-corrected chi connectivity index (χ1v) is 7.14. The van der Waals surface area contributed by atoms with Crippen LogP contribution in [0.3, 0.4) is 0 Å². The highest BCUT2D eigenvalue weighted by molar-refractivity contribution is 5.58. The first-order valence-electron chi connectivity index (χ1n) is 7.14. The lowest BCUT2D eigenvalue weighted by molar-refractivity contribution is 0.151. The monoisotopic (exact) mass is 291 g/mol. The van der Waals surface area contributed by atoms with Gasteiger partial charge in [-0.15, -0.1) is 0 Å². The molecule has 21 heavy (non-hydrogen) atoms. The highest BCUT2D eigenvalue weighted by Gasteiger charge is 2.09. The molecule has 0 bridgehead atoms. The Morgan fingerprint density at radius 3 is 2.38 bits per heavy atom. The molecule has 0 aliphatic rings. The number of hydrogen-bond donors (Lipinski definition) is 1. The molecule has 0 aliphatic carbocycles. The average molecular weight is 291 g/mol. The van der Waals surface area contributed by atoms with E-state index in [2.05, 4.69) is 22.2 Å². The second kappa shape index (κ2) is 7.11. The van der Waals surface area contributed by atoms with Gasteiger partial charge in [-0.1, -0.05) is 37.6 Å². The lowest BCUT2D eigenvalue weighted by Crippen LogP contribution is -2.04. The van der Waals surface area contributed by atoms with Crippen LogP contribution in [0.25, 0.3) is 11.4 Å². The number of aryl methyl sites for hydroxylation is 1. The molecule has 1 N–H and O–H groups in total. The van der Waals surface area contributed by atoms with Crippen molar-refractivity contribution in [2.75, 3.05) is 11.9 Å². The van der Waals surface area contributed by atoms with E-state index < -0.39 is 6.43 Å². The third-order valence-electron chi connectivity index (χ3n) is 3.06. The second-order valence-corrected chi connectivity index (χ2v) is 4.77. The van der Waals surface area contributed by atoms with E-state index in [1.165, 1.54) is 12.1 Å². The van der Waals surface area contributed by atoms with Crippen molar-refractivity contribution >= 4 is 5.82 Å². The van der Waals surface area contributed by atoms with Gasteiger partial charge in [0.1, 0.15) is 5.82 Å². The summed E-state index contributed by atoms with van der Waals surface area (Å²) in [6, 6.07) is 8.06. The highest BCUT2D eigenvalue weighted by Crippen LogP contribution is 2.23. The lowest BCUT2D eigenvalue weighted by atomic mass is 10.1.